The molecule has 14 aromatic rings. The molecular weight excluding hydrogens is 1360 g/mol. The van der Waals surface area contributed by atoms with Crippen LogP contribution < -0.4 is 10.6 Å². The number of nitrogens with zero attached hydrogens (tertiary/aromatic N) is 8. The average molecular weight is 1430 g/mol. The van der Waals surface area contributed by atoms with Gasteiger partial charge in [0.05, 0.1) is 35.1 Å². The summed E-state index contributed by atoms with van der Waals surface area (Å²) in [6, 6.07) is 96.3. The molecule has 0 saturated heterocycles. The van der Waals surface area contributed by atoms with Gasteiger partial charge >= 0.3 is 0 Å². The van der Waals surface area contributed by atoms with Gasteiger partial charge in [-0.3, -0.25) is 19.6 Å². The van der Waals surface area contributed by atoms with Crippen molar-refractivity contribution in [1.29, 1.82) is 0 Å². The van der Waals surface area contributed by atoms with E-state index >= 15 is 0 Å². The largest absolute Gasteiger partial charge is 0.394 e. The van der Waals surface area contributed by atoms with Gasteiger partial charge in [-0.2, -0.15) is 32.6 Å². The lowest BCUT2D eigenvalue weighted by Crippen LogP contribution is -2.38. The lowest BCUT2D eigenvalue weighted by molar-refractivity contribution is -0.119. The molecule has 0 saturated carbocycles. The van der Waals surface area contributed by atoms with Gasteiger partial charge in [-0.15, -0.1) is 0 Å². The number of amides is 2. The Labute approximate surface area is 599 Å². The first kappa shape index (κ1) is 66.4. The minimum absolute atomic E-state index is 0.217. The summed E-state index contributed by atoms with van der Waals surface area (Å²) in [5.74, 6) is -0.671. The number of aromatic nitrogens is 6. The van der Waals surface area contributed by atoms with Gasteiger partial charge in [-0.25, -0.2) is 19.3 Å². The van der Waals surface area contributed by atoms with Gasteiger partial charge < -0.3 is 20.5 Å². The van der Waals surface area contributed by atoms with E-state index in [1.165, 1.54) is 0 Å². The maximum atomic E-state index is 13.6. The molecule has 491 valence electrons. The SMILES string of the molecule is C[B]I.O=C(N[C@H](CO)c1ccccc1)C1=Nc2cc3c(-c4ccncc4)nn(C(c4ccccc4)(c4ccccc4)c4ccccc4)c3cc2C1.O=C[C@@H](NC(=O)C1=Nc2cc3c(-c4ccncc4)nn(C(c4ccccc4)(c4ccccc4)c4ccccc4)c3cc2C1)c1ccccc1. The van der Waals surface area contributed by atoms with Crippen LogP contribution in [0.4, 0.5) is 11.4 Å². The van der Waals surface area contributed by atoms with E-state index in [1.807, 2.05) is 139 Å². The van der Waals surface area contributed by atoms with Crippen LogP contribution in [0.15, 0.2) is 326 Å². The van der Waals surface area contributed by atoms with Gasteiger partial charge in [0, 0.05) is 59.5 Å². The Balaban J connectivity index is 0.000000165. The van der Waals surface area contributed by atoms with Crippen molar-refractivity contribution in [3.8, 4) is 22.5 Å². The number of nitrogens with one attached hydrogen (secondary N) is 2. The van der Waals surface area contributed by atoms with Crippen molar-refractivity contribution in [1.82, 2.24) is 40.2 Å². The Kier molecular flexibility index (Phi) is 19.8. The third-order valence-corrected chi connectivity index (χ3v) is 18.5. The predicted octanol–water partition coefficient (Wildman–Crippen LogP) is 16.1. The van der Waals surface area contributed by atoms with Crippen LogP contribution in [0.25, 0.3) is 44.3 Å². The van der Waals surface area contributed by atoms with Crippen molar-refractivity contribution in [2.45, 2.75) is 42.8 Å². The van der Waals surface area contributed by atoms with Crippen LogP contribution in [0.5, 0.6) is 0 Å². The number of aliphatic hydroxyl groups excluding tert-OH is 1. The van der Waals surface area contributed by atoms with E-state index in [4.69, 9.17) is 20.2 Å². The van der Waals surface area contributed by atoms with Crippen LogP contribution in [0, 0.1) is 0 Å². The van der Waals surface area contributed by atoms with E-state index in [0.29, 0.717) is 35.5 Å². The van der Waals surface area contributed by atoms with Gasteiger partial charge in [0.25, 0.3) is 11.8 Å². The molecule has 14 nitrogen and oxygen atoms in total. The monoisotopic (exact) mass is 1430 g/mol. The van der Waals surface area contributed by atoms with E-state index in [2.05, 4.69) is 216 Å². The zero-order chi connectivity index (χ0) is 69.1. The highest BCUT2D eigenvalue weighted by Gasteiger charge is 2.44. The molecule has 1 radical (unpaired) electrons. The second kappa shape index (κ2) is 30.1. The Morgan fingerprint density at radius 3 is 1.09 bits per heavy atom. The summed E-state index contributed by atoms with van der Waals surface area (Å²) in [6.45, 7) is 1.77. The lowest BCUT2D eigenvalue weighted by atomic mass is 9.77. The number of pyridine rings is 2. The molecule has 2 atom stereocenters. The Bertz CT molecular complexity index is 5080. The molecule has 0 spiro atoms. The normalized spacial score (nSPS) is 12.8. The van der Waals surface area contributed by atoms with Crippen molar-refractivity contribution >= 4 is 90.2 Å². The third-order valence-electron chi connectivity index (χ3n) is 18.5. The van der Waals surface area contributed by atoms with Crippen molar-refractivity contribution in [2.75, 3.05) is 6.61 Å². The zero-order valence-corrected chi connectivity index (χ0v) is 57.2. The van der Waals surface area contributed by atoms with E-state index in [-0.39, 0.29) is 18.4 Å². The molecule has 16 rings (SSSR count). The van der Waals surface area contributed by atoms with Gasteiger partial charge in [0.1, 0.15) is 46.2 Å². The van der Waals surface area contributed by atoms with Crippen molar-refractivity contribution in [3.63, 3.8) is 0 Å². The molecule has 0 aliphatic carbocycles. The zero-order valence-electron chi connectivity index (χ0n) is 55.1. The number of rotatable bonds is 18. The smallest absolute Gasteiger partial charge is 0.266 e. The summed E-state index contributed by atoms with van der Waals surface area (Å²) in [5.41, 5.74) is 15.5. The highest BCUT2D eigenvalue weighted by Crippen LogP contribution is 2.48. The molecule has 0 bridgehead atoms. The molecule has 6 heterocycles. The number of aliphatic hydroxyl groups is 1. The number of fused-ring (bicyclic) bond motifs is 4. The van der Waals surface area contributed by atoms with Crippen molar-refractivity contribution in [3.05, 3.63) is 372 Å². The van der Waals surface area contributed by atoms with Crippen LogP contribution in [0.1, 0.15) is 67.7 Å². The Morgan fingerprint density at radius 2 is 0.772 bits per heavy atom. The molecule has 4 aromatic heterocycles. The van der Waals surface area contributed by atoms with Gasteiger partial charge in [-0.05, 0) is 104 Å². The van der Waals surface area contributed by atoms with E-state index < -0.39 is 23.2 Å². The van der Waals surface area contributed by atoms with Crippen molar-refractivity contribution in [2.24, 2.45) is 9.98 Å². The first-order valence-corrected chi connectivity index (χ1v) is 34.6. The maximum Gasteiger partial charge on any atom is 0.266 e. The Hall–Kier alpha value is -11.9. The summed E-state index contributed by atoms with van der Waals surface area (Å²) in [7, 11) is 0. The highest BCUT2D eigenvalue weighted by molar-refractivity contribution is 14.1. The molecule has 0 fully saturated rings. The summed E-state index contributed by atoms with van der Waals surface area (Å²) >= 11 is 2.16. The number of halogens is 1. The number of carbonyl (C=O) groups is 3. The maximum absolute atomic E-state index is 13.6. The lowest BCUT2D eigenvalue weighted by Gasteiger charge is -2.37. The average Bonchev–Trinajstić information content (AvgIpc) is 1.59. The topological polar surface area (TPSA) is 182 Å². The minimum Gasteiger partial charge on any atom is -0.394 e. The number of carbonyl (C=O) groups excluding carboxylic acids is 3. The fourth-order valence-electron chi connectivity index (χ4n) is 13.9. The van der Waals surface area contributed by atoms with Crippen LogP contribution >= 0.6 is 22.4 Å². The van der Waals surface area contributed by atoms with E-state index in [0.717, 1.165) is 106 Å². The predicted molar refractivity (Wildman–Crippen MR) is 410 cm³/mol. The van der Waals surface area contributed by atoms with Gasteiger partial charge in [-0.1, -0.05) is 249 Å². The molecule has 2 amide bonds. The van der Waals surface area contributed by atoms with Crippen LogP contribution in [0.2, 0.25) is 6.82 Å². The molecule has 2 aliphatic heterocycles. The summed E-state index contributed by atoms with van der Waals surface area (Å²) in [4.78, 5) is 57.3. The molecule has 2 aliphatic rings. The fourth-order valence-corrected chi connectivity index (χ4v) is 13.9. The minimum atomic E-state index is -0.853. The number of hydrogen-bond acceptors (Lipinski definition) is 10. The summed E-state index contributed by atoms with van der Waals surface area (Å²) in [5, 5.41) is 30.7. The standard InChI is InChI=1S/C42H33N5O2.C42H31N5O2.CH3BI/c2*48-28-38(29-13-5-1-6-14-29)45-41(49)37-25-31-26-39-35(27-36(31)44-37)40(30-21-23-43-24-22-30)46-47(39)42(32-15-7-2-8-16-32,33-17-9-3-10-18-33)34-19-11-4-12-20-34;1-2-3/h1-24,26-27,38,48H,25,28H2,(H,45,49);1-24,26-28,38H,25H2,(H,45,49);1H3/t2*38-;/m11./s1. The molecular formula is C85H67BIN10O4. The molecule has 16 heteroatoms. The number of aliphatic imine (C=N–C) groups is 2. The van der Waals surface area contributed by atoms with Gasteiger partial charge in [0.2, 0.25) is 0 Å². The number of aldehydes is 1. The molecule has 0 unspecified atom stereocenters. The number of benzene rings is 10. The van der Waals surface area contributed by atoms with Gasteiger partial charge in [0.15, 0.2) is 5.14 Å². The van der Waals surface area contributed by atoms with E-state index in [9.17, 15) is 19.5 Å². The summed E-state index contributed by atoms with van der Waals surface area (Å²) < 4.78 is 4.28. The summed E-state index contributed by atoms with van der Waals surface area (Å²) in [6.07, 6.45) is 8.51. The third kappa shape index (κ3) is 13.0. The highest BCUT2D eigenvalue weighted by atomic mass is 127. The van der Waals surface area contributed by atoms with Crippen molar-refractivity contribution < 1.29 is 19.5 Å². The fraction of sp³-hybridized carbons (Fsp3) is 0.0941. The first-order valence-electron chi connectivity index (χ1n) is 33.3. The number of hydrogen-bond donors (Lipinski definition) is 3. The second-order valence-electron chi connectivity index (χ2n) is 24.4. The second-order valence-corrected chi connectivity index (χ2v) is 25.7. The molecule has 101 heavy (non-hydrogen) atoms. The molecule has 10 aromatic carbocycles. The van der Waals surface area contributed by atoms with Crippen LogP contribution in [-0.4, -0.2) is 75.9 Å². The first-order chi connectivity index (χ1) is 49.7. The molecule has 3 N–H and O–H groups in total. The Morgan fingerprint density at radius 1 is 0.465 bits per heavy atom. The van der Waals surface area contributed by atoms with Crippen LogP contribution in [-0.2, 0) is 38.3 Å². The van der Waals surface area contributed by atoms with Crippen LogP contribution in [0.3, 0.4) is 0 Å². The van der Waals surface area contributed by atoms with E-state index in [1.54, 1.807) is 24.8 Å². The quantitative estimate of drug-likeness (QED) is 0.0328.